The average molecular weight is 359 g/mol. The zero-order valence-electron chi connectivity index (χ0n) is 15.4. The zero-order valence-corrected chi connectivity index (χ0v) is 15.4. The van der Waals surface area contributed by atoms with Crippen LogP contribution in [-0.4, -0.2) is 25.8 Å². The smallest absolute Gasteiger partial charge is 0.146 e. The highest BCUT2D eigenvalue weighted by Crippen LogP contribution is 2.39. The van der Waals surface area contributed by atoms with Crippen LogP contribution in [0.3, 0.4) is 0 Å². The van der Waals surface area contributed by atoms with Crippen LogP contribution in [0, 0.1) is 0 Å². The van der Waals surface area contributed by atoms with Gasteiger partial charge in [0.1, 0.15) is 11.7 Å². The summed E-state index contributed by atoms with van der Waals surface area (Å²) in [6, 6.07) is 31.2. The first-order chi connectivity index (χ1) is 13.4. The first kappa shape index (κ1) is 17.9. The maximum atomic E-state index is 6.76. The topological polar surface area (TPSA) is 30.5 Å². The average Bonchev–Trinajstić information content (AvgIpc) is 2.77. The molecule has 1 N–H and O–H groups in total. The summed E-state index contributed by atoms with van der Waals surface area (Å²) in [6.45, 7) is 2.82. The van der Waals surface area contributed by atoms with Gasteiger partial charge in [-0.3, -0.25) is 0 Å². The van der Waals surface area contributed by atoms with E-state index in [0.29, 0.717) is 13.2 Å². The van der Waals surface area contributed by atoms with Crippen LogP contribution in [0.25, 0.3) is 0 Å². The fourth-order valence-corrected chi connectivity index (χ4v) is 3.77. The fourth-order valence-electron chi connectivity index (χ4n) is 3.77. The van der Waals surface area contributed by atoms with Crippen LogP contribution in [0.1, 0.15) is 16.7 Å². The number of nitrogens with one attached hydrogen (secondary N) is 1. The summed E-state index contributed by atoms with van der Waals surface area (Å²) >= 11 is 0. The fraction of sp³-hybridized carbons (Fsp3) is 0.250. The maximum Gasteiger partial charge on any atom is 0.146 e. The summed E-state index contributed by atoms with van der Waals surface area (Å²) in [5, 5.41) is 3.47. The standard InChI is InChI=1S/C24H25NO2/c1-4-10-20(11-5-1)19-27-24(21-12-6-2-7-13-21,22-14-8-3-9-15-22)23-18-25-16-17-26-23/h1-15,23,25H,16-19H2. The lowest BCUT2D eigenvalue weighted by molar-refractivity contribution is -0.143. The van der Waals surface area contributed by atoms with Crippen molar-refractivity contribution in [3.05, 3.63) is 108 Å². The molecule has 3 heteroatoms. The monoisotopic (exact) mass is 359 g/mol. The molecule has 1 aliphatic heterocycles. The lowest BCUT2D eigenvalue weighted by Crippen LogP contribution is -2.53. The van der Waals surface area contributed by atoms with Gasteiger partial charge in [-0.1, -0.05) is 91.0 Å². The summed E-state index contributed by atoms with van der Waals surface area (Å²) < 4.78 is 13.0. The summed E-state index contributed by atoms with van der Waals surface area (Å²) in [7, 11) is 0. The molecule has 0 radical (unpaired) electrons. The third-order valence-electron chi connectivity index (χ3n) is 5.10. The van der Waals surface area contributed by atoms with Gasteiger partial charge < -0.3 is 14.8 Å². The first-order valence-electron chi connectivity index (χ1n) is 9.51. The van der Waals surface area contributed by atoms with Gasteiger partial charge in [0.05, 0.1) is 13.2 Å². The Morgan fingerprint density at radius 1 is 0.815 bits per heavy atom. The third-order valence-corrected chi connectivity index (χ3v) is 5.10. The van der Waals surface area contributed by atoms with Gasteiger partial charge >= 0.3 is 0 Å². The lowest BCUT2D eigenvalue weighted by atomic mass is 9.80. The van der Waals surface area contributed by atoms with Crippen molar-refractivity contribution >= 4 is 0 Å². The molecule has 3 aromatic rings. The van der Waals surface area contributed by atoms with Crippen molar-refractivity contribution in [2.24, 2.45) is 0 Å². The second kappa shape index (κ2) is 8.49. The number of hydrogen-bond acceptors (Lipinski definition) is 3. The van der Waals surface area contributed by atoms with Gasteiger partial charge in [-0.25, -0.2) is 0 Å². The Kier molecular flexibility index (Phi) is 5.64. The molecule has 0 amide bonds. The Balaban J connectivity index is 1.80. The summed E-state index contributed by atoms with van der Waals surface area (Å²) in [6.07, 6.45) is -0.111. The predicted molar refractivity (Wildman–Crippen MR) is 108 cm³/mol. The molecule has 3 nitrogen and oxygen atoms in total. The van der Waals surface area contributed by atoms with E-state index in [2.05, 4.69) is 66.0 Å². The molecule has 1 fully saturated rings. The highest BCUT2D eigenvalue weighted by molar-refractivity contribution is 5.39. The summed E-state index contributed by atoms with van der Waals surface area (Å²) in [5.74, 6) is 0. The molecule has 0 aromatic heterocycles. The molecule has 3 aromatic carbocycles. The van der Waals surface area contributed by atoms with Crippen molar-refractivity contribution < 1.29 is 9.47 Å². The van der Waals surface area contributed by atoms with Crippen LogP contribution in [0.4, 0.5) is 0 Å². The molecule has 0 aliphatic carbocycles. The number of benzene rings is 3. The van der Waals surface area contributed by atoms with Crippen molar-refractivity contribution in [3.8, 4) is 0 Å². The Bertz CT molecular complexity index is 775. The lowest BCUT2D eigenvalue weighted by Gasteiger charge is -2.43. The summed E-state index contributed by atoms with van der Waals surface area (Å²) in [4.78, 5) is 0. The highest BCUT2D eigenvalue weighted by Gasteiger charge is 2.45. The van der Waals surface area contributed by atoms with Gasteiger partial charge in [0.2, 0.25) is 0 Å². The van der Waals surface area contributed by atoms with Gasteiger partial charge in [0.25, 0.3) is 0 Å². The second-order valence-electron chi connectivity index (χ2n) is 6.81. The molecule has 1 aliphatic rings. The quantitative estimate of drug-likeness (QED) is 0.718. The van der Waals surface area contributed by atoms with Crippen molar-refractivity contribution in [2.45, 2.75) is 18.3 Å². The van der Waals surface area contributed by atoms with E-state index in [1.807, 2.05) is 30.3 Å². The van der Waals surface area contributed by atoms with Gasteiger partial charge in [-0.05, 0) is 16.7 Å². The first-order valence-corrected chi connectivity index (χ1v) is 9.51. The van der Waals surface area contributed by atoms with E-state index in [0.717, 1.165) is 29.8 Å². The van der Waals surface area contributed by atoms with Crippen molar-refractivity contribution in [1.82, 2.24) is 5.32 Å². The largest absolute Gasteiger partial charge is 0.372 e. The minimum absolute atomic E-state index is 0.111. The van der Waals surface area contributed by atoms with Crippen LogP contribution in [-0.2, 0) is 21.7 Å². The SMILES string of the molecule is c1ccc(COC(c2ccccc2)(c2ccccc2)C2CNCCO2)cc1. The van der Waals surface area contributed by atoms with E-state index in [-0.39, 0.29) is 6.10 Å². The molecule has 27 heavy (non-hydrogen) atoms. The molecule has 4 rings (SSSR count). The predicted octanol–water partition coefficient (Wildman–Crippen LogP) is 4.14. The van der Waals surface area contributed by atoms with Gasteiger partial charge in [-0.2, -0.15) is 0 Å². The van der Waals surface area contributed by atoms with Crippen LogP contribution < -0.4 is 5.32 Å². The minimum Gasteiger partial charge on any atom is -0.372 e. The second-order valence-corrected chi connectivity index (χ2v) is 6.81. The Morgan fingerprint density at radius 3 is 1.89 bits per heavy atom. The van der Waals surface area contributed by atoms with Crippen LogP contribution in [0.15, 0.2) is 91.0 Å². The number of hydrogen-bond donors (Lipinski definition) is 1. The molecule has 0 saturated carbocycles. The minimum atomic E-state index is -0.675. The maximum absolute atomic E-state index is 6.76. The van der Waals surface area contributed by atoms with E-state index in [9.17, 15) is 0 Å². The molecule has 1 atom stereocenters. The Morgan fingerprint density at radius 2 is 1.37 bits per heavy atom. The van der Waals surface area contributed by atoms with Crippen molar-refractivity contribution in [3.63, 3.8) is 0 Å². The van der Waals surface area contributed by atoms with E-state index < -0.39 is 5.60 Å². The molecule has 138 valence electrons. The third kappa shape index (κ3) is 3.81. The molecular formula is C24H25NO2. The van der Waals surface area contributed by atoms with Gasteiger partial charge in [-0.15, -0.1) is 0 Å². The molecule has 1 saturated heterocycles. The molecule has 1 heterocycles. The molecular weight excluding hydrogens is 334 g/mol. The normalized spacial score (nSPS) is 17.6. The van der Waals surface area contributed by atoms with Gasteiger partial charge in [0.15, 0.2) is 0 Å². The summed E-state index contributed by atoms with van der Waals surface area (Å²) in [5.41, 5.74) is 2.70. The number of ether oxygens (including phenoxy) is 2. The zero-order chi connectivity index (χ0) is 18.4. The van der Waals surface area contributed by atoms with E-state index in [1.165, 1.54) is 0 Å². The Hall–Kier alpha value is -2.46. The van der Waals surface area contributed by atoms with Crippen LogP contribution in [0.5, 0.6) is 0 Å². The van der Waals surface area contributed by atoms with E-state index >= 15 is 0 Å². The van der Waals surface area contributed by atoms with Gasteiger partial charge in [0, 0.05) is 13.1 Å². The number of morpholine rings is 1. The Labute approximate surface area is 161 Å². The van der Waals surface area contributed by atoms with E-state index in [4.69, 9.17) is 9.47 Å². The highest BCUT2D eigenvalue weighted by atomic mass is 16.6. The van der Waals surface area contributed by atoms with Crippen LogP contribution >= 0.6 is 0 Å². The van der Waals surface area contributed by atoms with Crippen molar-refractivity contribution in [2.75, 3.05) is 19.7 Å². The number of rotatable bonds is 6. The molecule has 1 unspecified atom stereocenters. The molecule has 0 bridgehead atoms. The molecule has 0 spiro atoms. The van der Waals surface area contributed by atoms with Crippen LogP contribution in [0.2, 0.25) is 0 Å². The van der Waals surface area contributed by atoms with E-state index in [1.54, 1.807) is 0 Å². The van der Waals surface area contributed by atoms with Crippen molar-refractivity contribution in [1.29, 1.82) is 0 Å².